The molecule has 4 heteroatoms. The summed E-state index contributed by atoms with van der Waals surface area (Å²) in [4.78, 5) is 8.06. The van der Waals surface area contributed by atoms with Gasteiger partial charge >= 0.3 is 0 Å². The van der Waals surface area contributed by atoms with E-state index < -0.39 is 0 Å². The second-order valence-corrected chi connectivity index (χ2v) is 2.07. The molecule has 0 saturated carbocycles. The Bertz CT molecular complexity index is 318. The maximum atomic E-state index is 4.06. The van der Waals surface area contributed by atoms with Gasteiger partial charge in [0.25, 0.3) is 0 Å². The van der Waals surface area contributed by atoms with Crippen LogP contribution in [0.5, 0.6) is 0 Å². The van der Waals surface area contributed by atoms with Gasteiger partial charge in [0.15, 0.2) is 5.65 Å². The molecule has 0 radical (unpaired) electrons. The smallest absolute Gasteiger partial charge is 0.199 e. The summed E-state index contributed by atoms with van der Waals surface area (Å²) in [6, 6.07) is 0. The van der Waals surface area contributed by atoms with E-state index in [4.69, 9.17) is 0 Å². The Labute approximate surface area is 57.5 Å². The molecule has 0 aliphatic carbocycles. The van der Waals surface area contributed by atoms with Gasteiger partial charge in [-0.15, -0.1) is 0 Å². The Morgan fingerprint density at radius 3 is 2.90 bits per heavy atom. The lowest BCUT2D eigenvalue weighted by atomic mass is 10.6. The van der Waals surface area contributed by atoms with Crippen molar-refractivity contribution in [3.63, 3.8) is 0 Å². The van der Waals surface area contributed by atoms with E-state index in [9.17, 15) is 0 Å². The fourth-order valence-corrected chi connectivity index (χ4v) is 0.865. The zero-order chi connectivity index (χ0) is 6.97. The van der Waals surface area contributed by atoms with Gasteiger partial charge in [-0.05, 0) is 0 Å². The molecule has 50 valence electrons. The second-order valence-electron chi connectivity index (χ2n) is 2.07. The molecular formula is C6H6N4. The first kappa shape index (κ1) is 5.34. The van der Waals surface area contributed by atoms with Crippen LogP contribution >= 0.6 is 0 Å². The molecule has 2 heterocycles. The van der Waals surface area contributed by atoms with E-state index in [0.29, 0.717) is 5.65 Å². The van der Waals surface area contributed by atoms with Crippen LogP contribution in [0.25, 0.3) is 11.2 Å². The van der Waals surface area contributed by atoms with Crippen molar-refractivity contribution in [2.45, 2.75) is 0 Å². The first-order chi connectivity index (χ1) is 4.86. The van der Waals surface area contributed by atoms with Gasteiger partial charge in [-0.3, -0.25) is 4.68 Å². The largest absolute Gasteiger partial charge is 0.271 e. The molecule has 0 atom stereocenters. The minimum absolute atomic E-state index is 0.699. The molecular weight excluding hydrogens is 128 g/mol. The average Bonchev–Trinajstić information content (AvgIpc) is 2.27. The molecule has 2 aromatic heterocycles. The lowest BCUT2D eigenvalue weighted by molar-refractivity contribution is 0.776. The van der Waals surface area contributed by atoms with Crippen molar-refractivity contribution in [2.75, 3.05) is 0 Å². The lowest BCUT2D eigenvalue weighted by Crippen LogP contribution is -1.85. The van der Waals surface area contributed by atoms with E-state index in [1.807, 2.05) is 13.2 Å². The van der Waals surface area contributed by atoms with Gasteiger partial charge in [0, 0.05) is 19.4 Å². The first-order valence-corrected chi connectivity index (χ1v) is 2.96. The van der Waals surface area contributed by atoms with Crippen LogP contribution in [0.3, 0.4) is 0 Å². The van der Waals surface area contributed by atoms with Crippen LogP contribution in [0.2, 0.25) is 0 Å². The van der Waals surface area contributed by atoms with E-state index in [2.05, 4.69) is 15.1 Å². The second kappa shape index (κ2) is 1.76. The van der Waals surface area contributed by atoms with Crippen molar-refractivity contribution in [2.24, 2.45) is 7.05 Å². The summed E-state index contributed by atoms with van der Waals surface area (Å²) in [5.41, 5.74) is 1.54. The lowest BCUT2D eigenvalue weighted by Gasteiger charge is -1.79. The van der Waals surface area contributed by atoms with Crippen LogP contribution in [-0.2, 0) is 7.05 Å². The number of aryl methyl sites for hydroxylation is 1. The predicted octanol–water partition coefficient (Wildman–Crippen LogP) is 0.363. The van der Waals surface area contributed by atoms with Gasteiger partial charge in [0.05, 0.1) is 6.20 Å². The summed E-state index contributed by atoms with van der Waals surface area (Å²) >= 11 is 0. The molecule has 4 nitrogen and oxygen atoms in total. The number of hydrogen-bond donors (Lipinski definition) is 0. The van der Waals surface area contributed by atoms with Gasteiger partial charge in [0.1, 0.15) is 5.52 Å². The summed E-state index contributed by atoms with van der Waals surface area (Å²) in [6.07, 6.45) is 5.13. The topological polar surface area (TPSA) is 43.6 Å². The van der Waals surface area contributed by atoms with Gasteiger partial charge in [-0.25, -0.2) is 9.97 Å². The quantitative estimate of drug-likeness (QED) is 0.522. The van der Waals surface area contributed by atoms with Crippen LogP contribution in [0.15, 0.2) is 18.6 Å². The SMILES string of the molecule is Cn1cc2nccnc2n1. The molecule has 0 aliphatic heterocycles. The van der Waals surface area contributed by atoms with E-state index >= 15 is 0 Å². The summed E-state index contributed by atoms with van der Waals surface area (Å²) in [5.74, 6) is 0. The van der Waals surface area contributed by atoms with Crippen LogP contribution < -0.4 is 0 Å². The average molecular weight is 134 g/mol. The molecule has 10 heavy (non-hydrogen) atoms. The van der Waals surface area contributed by atoms with E-state index in [1.165, 1.54) is 0 Å². The molecule has 0 amide bonds. The standard InChI is InChI=1S/C6H6N4/c1-10-4-5-6(9-10)8-3-2-7-5/h2-4H,1H3. The van der Waals surface area contributed by atoms with Crippen molar-refractivity contribution in [1.82, 2.24) is 19.7 Å². The van der Waals surface area contributed by atoms with Crippen LogP contribution in [0.4, 0.5) is 0 Å². The maximum absolute atomic E-state index is 4.06. The van der Waals surface area contributed by atoms with Crippen LogP contribution in [0.1, 0.15) is 0 Å². The fourth-order valence-electron chi connectivity index (χ4n) is 0.865. The van der Waals surface area contributed by atoms with Crippen molar-refractivity contribution >= 4 is 11.2 Å². The summed E-state index contributed by atoms with van der Waals surface area (Å²) in [6.45, 7) is 0. The third-order valence-electron chi connectivity index (χ3n) is 1.27. The minimum atomic E-state index is 0.699. The summed E-state index contributed by atoms with van der Waals surface area (Å²) < 4.78 is 1.70. The van der Waals surface area contributed by atoms with E-state index in [-0.39, 0.29) is 0 Å². The monoisotopic (exact) mass is 134 g/mol. The third-order valence-corrected chi connectivity index (χ3v) is 1.27. The van der Waals surface area contributed by atoms with Crippen molar-refractivity contribution in [3.8, 4) is 0 Å². The normalized spacial score (nSPS) is 10.5. The minimum Gasteiger partial charge on any atom is -0.271 e. The Morgan fingerprint density at radius 1 is 1.30 bits per heavy atom. The highest BCUT2D eigenvalue weighted by Gasteiger charge is 1.96. The number of rotatable bonds is 0. The number of nitrogens with zero attached hydrogens (tertiary/aromatic N) is 4. The molecule has 0 spiro atoms. The Morgan fingerprint density at radius 2 is 2.10 bits per heavy atom. The fraction of sp³-hybridized carbons (Fsp3) is 0.167. The van der Waals surface area contributed by atoms with Gasteiger partial charge in [-0.2, -0.15) is 5.10 Å². The Balaban J connectivity index is 2.88. The van der Waals surface area contributed by atoms with Crippen molar-refractivity contribution in [3.05, 3.63) is 18.6 Å². The summed E-state index contributed by atoms with van der Waals surface area (Å²) in [5, 5.41) is 4.06. The molecule has 0 fully saturated rings. The predicted molar refractivity (Wildman–Crippen MR) is 36.3 cm³/mol. The first-order valence-electron chi connectivity index (χ1n) is 2.96. The van der Waals surface area contributed by atoms with Crippen molar-refractivity contribution in [1.29, 1.82) is 0 Å². The van der Waals surface area contributed by atoms with E-state index in [0.717, 1.165) is 5.52 Å². The Kier molecular flexibility index (Phi) is 0.943. The highest BCUT2D eigenvalue weighted by atomic mass is 15.3. The molecule has 0 bridgehead atoms. The van der Waals surface area contributed by atoms with Crippen molar-refractivity contribution < 1.29 is 0 Å². The molecule has 0 aromatic carbocycles. The molecule has 2 rings (SSSR count). The van der Waals surface area contributed by atoms with Crippen LogP contribution in [-0.4, -0.2) is 19.7 Å². The number of hydrogen-bond acceptors (Lipinski definition) is 3. The molecule has 0 N–H and O–H groups in total. The highest BCUT2D eigenvalue weighted by Crippen LogP contribution is 2.01. The van der Waals surface area contributed by atoms with Gasteiger partial charge in [0.2, 0.25) is 0 Å². The zero-order valence-corrected chi connectivity index (χ0v) is 5.52. The number of aromatic nitrogens is 4. The maximum Gasteiger partial charge on any atom is 0.199 e. The van der Waals surface area contributed by atoms with Crippen LogP contribution in [0, 0.1) is 0 Å². The highest BCUT2D eigenvalue weighted by molar-refractivity contribution is 5.67. The van der Waals surface area contributed by atoms with Gasteiger partial charge in [-0.1, -0.05) is 0 Å². The molecule has 0 aliphatic rings. The number of fused-ring (bicyclic) bond motifs is 1. The zero-order valence-electron chi connectivity index (χ0n) is 5.52. The van der Waals surface area contributed by atoms with Gasteiger partial charge < -0.3 is 0 Å². The summed E-state index contributed by atoms with van der Waals surface area (Å²) in [7, 11) is 1.85. The Hall–Kier alpha value is -1.45. The molecule has 2 aromatic rings. The molecule has 0 unspecified atom stereocenters. The third kappa shape index (κ3) is 0.655. The van der Waals surface area contributed by atoms with E-state index in [1.54, 1.807) is 17.1 Å². The molecule has 0 saturated heterocycles.